The lowest BCUT2D eigenvalue weighted by atomic mass is 9.90. The maximum Gasteiger partial charge on any atom is 0.321 e. The van der Waals surface area contributed by atoms with Gasteiger partial charge in [0, 0.05) is 24.9 Å². The van der Waals surface area contributed by atoms with E-state index in [-0.39, 0.29) is 5.97 Å². The molecule has 0 atom stereocenters. The molecule has 1 heterocycles. The molecule has 0 aliphatic heterocycles. The minimum atomic E-state index is -0.372. The largest absolute Gasteiger partial charge is 0.371 e. The highest BCUT2D eigenvalue weighted by Crippen LogP contribution is 2.32. The summed E-state index contributed by atoms with van der Waals surface area (Å²) in [5, 5.41) is 0. The van der Waals surface area contributed by atoms with E-state index >= 15 is 0 Å². The highest BCUT2D eigenvalue weighted by Gasteiger charge is 2.19. The average Bonchev–Trinajstić information content (AvgIpc) is 2.56. The Morgan fingerprint density at radius 3 is 2.38 bits per heavy atom. The Kier molecular flexibility index (Phi) is 6.89. The average molecular weight is 355 g/mol. The lowest BCUT2D eigenvalue weighted by Crippen LogP contribution is -2.21. The number of hydrogen-bond donors (Lipinski definition) is 2. The van der Waals surface area contributed by atoms with E-state index in [0.29, 0.717) is 19.0 Å². The number of aryl methyl sites for hydroxylation is 2. The van der Waals surface area contributed by atoms with Gasteiger partial charge in [-0.2, -0.15) is 0 Å². The zero-order chi connectivity index (χ0) is 19.3. The zero-order valence-corrected chi connectivity index (χ0v) is 16.3. The molecular weight excluding hydrogens is 326 g/mol. The van der Waals surface area contributed by atoms with Gasteiger partial charge in [-0.1, -0.05) is 43.7 Å². The summed E-state index contributed by atoms with van der Waals surface area (Å²) in [6, 6.07) is 8.41. The molecule has 0 saturated carbocycles. The second-order valence-corrected chi connectivity index (χ2v) is 7.06. The smallest absolute Gasteiger partial charge is 0.321 e. The van der Waals surface area contributed by atoms with Crippen LogP contribution in [0.25, 0.3) is 11.1 Å². The molecule has 0 spiro atoms. The predicted molar refractivity (Wildman–Crippen MR) is 104 cm³/mol. The SMILES string of the molecule is CC(=O)ONCc1c(C)nc(CC(C)C)c(CN)c1-c1ccc(C)cc1. The van der Waals surface area contributed by atoms with E-state index in [2.05, 4.69) is 50.5 Å². The summed E-state index contributed by atoms with van der Waals surface area (Å²) in [6.07, 6.45) is 0.879. The lowest BCUT2D eigenvalue weighted by molar-refractivity contribution is -0.148. The van der Waals surface area contributed by atoms with Gasteiger partial charge in [0.05, 0.1) is 6.54 Å². The number of hydrogen-bond acceptors (Lipinski definition) is 5. The Bertz CT molecular complexity index is 768. The monoisotopic (exact) mass is 355 g/mol. The molecule has 5 nitrogen and oxygen atoms in total. The molecular formula is C21H29N3O2. The summed E-state index contributed by atoms with van der Waals surface area (Å²) in [4.78, 5) is 20.8. The van der Waals surface area contributed by atoms with Crippen LogP contribution in [-0.2, 0) is 29.1 Å². The minimum Gasteiger partial charge on any atom is -0.371 e. The molecule has 2 aromatic rings. The van der Waals surface area contributed by atoms with Gasteiger partial charge in [-0.15, -0.1) is 5.48 Å². The number of benzene rings is 1. The van der Waals surface area contributed by atoms with Crippen molar-refractivity contribution in [1.29, 1.82) is 0 Å². The van der Waals surface area contributed by atoms with Gasteiger partial charge in [0.2, 0.25) is 0 Å². The van der Waals surface area contributed by atoms with Gasteiger partial charge >= 0.3 is 5.97 Å². The van der Waals surface area contributed by atoms with E-state index in [0.717, 1.165) is 40.1 Å². The summed E-state index contributed by atoms with van der Waals surface area (Å²) in [7, 11) is 0. The van der Waals surface area contributed by atoms with Crippen molar-refractivity contribution < 1.29 is 9.63 Å². The number of aromatic nitrogens is 1. The topological polar surface area (TPSA) is 77.2 Å². The van der Waals surface area contributed by atoms with Crippen LogP contribution < -0.4 is 11.2 Å². The van der Waals surface area contributed by atoms with Gasteiger partial charge in [-0.3, -0.25) is 9.78 Å². The first-order valence-corrected chi connectivity index (χ1v) is 9.02. The molecule has 5 heteroatoms. The first-order chi connectivity index (χ1) is 12.3. The Morgan fingerprint density at radius 2 is 1.85 bits per heavy atom. The maximum atomic E-state index is 11.1. The summed E-state index contributed by atoms with van der Waals surface area (Å²) in [5.41, 5.74) is 16.3. The summed E-state index contributed by atoms with van der Waals surface area (Å²) in [5.74, 6) is 0.117. The highest BCUT2D eigenvalue weighted by molar-refractivity contribution is 5.73. The second-order valence-electron chi connectivity index (χ2n) is 7.06. The lowest BCUT2D eigenvalue weighted by Gasteiger charge is -2.21. The quantitative estimate of drug-likeness (QED) is 0.742. The summed E-state index contributed by atoms with van der Waals surface area (Å²) >= 11 is 0. The van der Waals surface area contributed by atoms with Crippen molar-refractivity contribution in [2.24, 2.45) is 11.7 Å². The second kappa shape index (κ2) is 8.92. The van der Waals surface area contributed by atoms with Crippen molar-refractivity contribution in [3.8, 4) is 11.1 Å². The molecule has 0 unspecified atom stereocenters. The standard InChI is InChI=1S/C21H29N3O2/c1-13(2)10-20-18(11-22)21(17-8-6-14(3)7-9-17)19(15(4)24-20)12-23-26-16(5)25/h6-9,13,23H,10-12,22H2,1-5H3. The van der Waals surface area contributed by atoms with E-state index in [9.17, 15) is 4.79 Å². The van der Waals surface area contributed by atoms with Crippen molar-refractivity contribution in [2.75, 3.05) is 0 Å². The van der Waals surface area contributed by atoms with Crippen molar-refractivity contribution in [3.05, 3.63) is 52.3 Å². The Balaban J connectivity index is 2.61. The number of hydroxylamine groups is 1. The summed E-state index contributed by atoms with van der Waals surface area (Å²) in [6.45, 7) is 10.6. The number of nitrogens with one attached hydrogen (secondary N) is 1. The van der Waals surface area contributed by atoms with Crippen LogP contribution in [0.15, 0.2) is 24.3 Å². The number of nitrogens with two attached hydrogens (primary N) is 1. The predicted octanol–water partition coefficient (Wildman–Crippen LogP) is 3.59. The molecule has 0 saturated heterocycles. The molecule has 0 radical (unpaired) electrons. The fraction of sp³-hybridized carbons (Fsp3) is 0.429. The van der Waals surface area contributed by atoms with E-state index in [1.165, 1.54) is 12.5 Å². The molecule has 140 valence electrons. The van der Waals surface area contributed by atoms with E-state index in [1.807, 2.05) is 6.92 Å². The number of carbonyl (C=O) groups excluding carboxylic acids is 1. The fourth-order valence-electron chi connectivity index (χ4n) is 3.12. The van der Waals surface area contributed by atoms with Gasteiger partial charge in [-0.25, -0.2) is 0 Å². The van der Waals surface area contributed by atoms with Crippen LogP contribution in [0.4, 0.5) is 0 Å². The normalized spacial score (nSPS) is 11.0. The van der Waals surface area contributed by atoms with Gasteiger partial charge in [0.15, 0.2) is 0 Å². The van der Waals surface area contributed by atoms with E-state index < -0.39 is 0 Å². The maximum absolute atomic E-state index is 11.1. The van der Waals surface area contributed by atoms with Gasteiger partial charge in [-0.05, 0) is 48.4 Å². The van der Waals surface area contributed by atoms with Crippen LogP contribution in [-0.4, -0.2) is 11.0 Å². The zero-order valence-electron chi connectivity index (χ0n) is 16.3. The molecule has 0 fully saturated rings. The van der Waals surface area contributed by atoms with Crippen LogP contribution in [0.2, 0.25) is 0 Å². The third-order valence-electron chi connectivity index (χ3n) is 4.30. The van der Waals surface area contributed by atoms with Crippen molar-refractivity contribution in [1.82, 2.24) is 10.5 Å². The molecule has 26 heavy (non-hydrogen) atoms. The molecule has 0 aliphatic rings. The van der Waals surface area contributed by atoms with Gasteiger partial charge in [0.1, 0.15) is 0 Å². The number of carbonyl (C=O) groups is 1. The van der Waals surface area contributed by atoms with Crippen molar-refractivity contribution in [3.63, 3.8) is 0 Å². The van der Waals surface area contributed by atoms with Crippen molar-refractivity contribution in [2.45, 2.75) is 54.1 Å². The van der Waals surface area contributed by atoms with E-state index in [4.69, 9.17) is 15.6 Å². The molecule has 3 N–H and O–H groups in total. The van der Waals surface area contributed by atoms with Gasteiger partial charge in [0.25, 0.3) is 0 Å². The first kappa shape index (κ1) is 20.1. The van der Waals surface area contributed by atoms with E-state index in [1.54, 1.807) is 0 Å². The molecule has 1 aromatic heterocycles. The number of nitrogens with zero attached hydrogens (tertiary/aromatic N) is 1. The Hall–Kier alpha value is -2.24. The third kappa shape index (κ3) is 4.90. The molecule has 1 aromatic carbocycles. The van der Waals surface area contributed by atoms with Crippen LogP contribution in [0.1, 0.15) is 48.8 Å². The number of rotatable bonds is 7. The Morgan fingerprint density at radius 1 is 1.19 bits per heavy atom. The van der Waals surface area contributed by atoms with Crippen molar-refractivity contribution >= 4 is 5.97 Å². The third-order valence-corrected chi connectivity index (χ3v) is 4.30. The first-order valence-electron chi connectivity index (χ1n) is 9.02. The fourth-order valence-corrected chi connectivity index (χ4v) is 3.12. The number of pyridine rings is 1. The van der Waals surface area contributed by atoms with Crippen LogP contribution in [0.5, 0.6) is 0 Å². The Labute approximate surface area is 155 Å². The molecule has 2 rings (SSSR count). The van der Waals surface area contributed by atoms with Crippen LogP contribution in [0, 0.1) is 19.8 Å². The molecule has 0 bridgehead atoms. The van der Waals surface area contributed by atoms with Gasteiger partial charge < -0.3 is 10.6 Å². The minimum absolute atomic E-state index is 0.372. The highest BCUT2D eigenvalue weighted by atomic mass is 16.7. The van der Waals surface area contributed by atoms with Crippen LogP contribution >= 0.6 is 0 Å². The van der Waals surface area contributed by atoms with Crippen LogP contribution in [0.3, 0.4) is 0 Å². The molecule has 0 aliphatic carbocycles. The summed E-state index contributed by atoms with van der Waals surface area (Å²) < 4.78 is 0. The molecule has 0 amide bonds.